The standard InChI is InChI=1S/C65H135N25O22S6/c1-44(2)29-53(35-89(117(109,110)28-22-68)42-61(98)84-55(48(8)91)36-90(118(111,112)43-46(5)6)41-60(97)83-54(30-45(3)4)34-88(116(107,108)27-21-67)39-56(93)78-47(7)15-12-23-75-63(69)70)82-58(95)38-86(114(11,103)104)31-50(16-13-24-76-64(71)72)80-57(94)37-85(113(10,101)102)32-51(17-14-25-77-65(73)74)81-59(96)40-87(115(105,106)26-20-66)33-52(79-49(9)92)18-19-62(99)100/h44-48,50-55,91H,12-43,66-68H2,1-11H3,(H,78,93)(H,79,92)(H,80,94)(H,81,96)(H,82,95)(H,83,97)(H,84,98)(H,99,100)(H4,69,70,75)(H4,71,72,76)(H4,73,74,77)/t47-,48?,50+,51+,52+,53+,54+,55-/m1/s1. The van der Waals surface area contributed by atoms with Crippen molar-refractivity contribution in [2.45, 2.75) is 175 Å². The van der Waals surface area contributed by atoms with Crippen LogP contribution in [0.3, 0.4) is 0 Å². The van der Waals surface area contributed by atoms with Crippen molar-refractivity contribution in [3.05, 3.63) is 0 Å². The third-order valence-corrected chi connectivity index (χ3v) is 27.3. The Bertz CT molecular complexity index is 3950. The van der Waals surface area contributed by atoms with E-state index in [0.29, 0.717) is 40.9 Å². The number of carboxylic acids is 1. The molecule has 8 atom stereocenters. The number of carboxylic acid groups (broad SMARTS) is 1. The number of nitrogens with one attached hydrogen (secondary N) is 13. The number of carbonyl (C=O) groups is 8. The normalized spacial score (nSPS) is 14.6. The molecule has 7 amide bonds. The third-order valence-electron chi connectivity index (χ3n) is 17.3. The molecule has 53 heteroatoms. The first-order chi connectivity index (χ1) is 54.4. The van der Waals surface area contributed by atoms with E-state index in [1.807, 2.05) is 0 Å². The van der Waals surface area contributed by atoms with Gasteiger partial charge in [-0.1, -0.05) is 41.5 Å². The number of rotatable bonds is 65. The molecule has 0 fully saturated rings. The fourth-order valence-corrected chi connectivity index (χ4v) is 19.2. The van der Waals surface area contributed by atoms with E-state index in [9.17, 15) is 99.1 Å². The number of sulfonamides is 6. The Hall–Kier alpha value is -7.13. The van der Waals surface area contributed by atoms with Gasteiger partial charge in [0, 0.05) is 128 Å². The lowest BCUT2D eigenvalue weighted by Gasteiger charge is -2.32. The van der Waals surface area contributed by atoms with Crippen LogP contribution in [0.1, 0.15) is 127 Å². The number of guanidine groups is 3. The first-order valence-corrected chi connectivity index (χ1v) is 48.6. The molecule has 0 aliphatic carbocycles. The Labute approximate surface area is 696 Å². The van der Waals surface area contributed by atoms with Gasteiger partial charge in [-0.25, -0.2) is 50.5 Å². The van der Waals surface area contributed by atoms with Crippen LogP contribution in [-0.2, 0) is 98.5 Å². The summed E-state index contributed by atoms with van der Waals surface area (Å²) >= 11 is 0. The molecular weight excluding hydrogens is 1680 g/mol. The smallest absolute Gasteiger partial charge is 0.303 e. The lowest BCUT2D eigenvalue weighted by atomic mass is 10.0. The molecule has 0 saturated carbocycles. The number of nitrogens with zero attached hydrogens (tertiary/aromatic N) is 6. The van der Waals surface area contributed by atoms with Crippen LogP contribution in [0.15, 0.2) is 0 Å². The Morgan fingerprint density at radius 2 is 0.669 bits per heavy atom. The summed E-state index contributed by atoms with van der Waals surface area (Å²) in [5.74, 6) is -12.7. The zero-order valence-electron chi connectivity index (χ0n) is 69.6. The van der Waals surface area contributed by atoms with Crippen molar-refractivity contribution >= 4 is 125 Å². The highest BCUT2D eigenvalue weighted by atomic mass is 32.2. The van der Waals surface area contributed by atoms with Gasteiger partial charge in [0.15, 0.2) is 17.9 Å². The molecule has 0 aromatic carbocycles. The molecule has 0 aliphatic rings. The number of hydrogen-bond acceptors (Lipinski definition) is 27. The Kier molecular flexibility index (Phi) is 51.0. The summed E-state index contributed by atoms with van der Waals surface area (Å²) in [6.07, 6.45) is -0.0953. The van der Waals surface area contributed by atoms with Crippen LogP contribution in [-0.4, -0.2) is 353 Å². The van der Waals surface area contributed by atoms with Crippen LogP contribution in [0, 0.1) is 34.0 Å². The second-order valence-corrected chi connectivity index (χ2v) is 42.5. The number of amides is 7. The minimum absolute atomic E-state index is 0.00202. The van der Waals surface area contributed by atoms with Gasteiger partial charge >= 0.3 is 5.97 Å². The number of carbonyl (C=O) groups excluding carboxylic acids is 7. The van der Waals surface area contributed by atoms with Gasteiger partial charge in [0.1, 0.15) is 0 Å². The maximum atomic E-state index is 14.3. The van der Waals surface area contributed by atoms with Gasteiger partial charge in [0.2, 0.25) is 101 Å². The molecule has 0 heterocycles. The molecule has 0 aromatic heterocycles. The molecule has 0 saturated heterocycles. The summed E-state index contributed by atoms with van der Waals surface area (Å²) in [6.45, 7) is 3.48. The highest BCUT2D eigenvalue weighted by molar-refractivity contribution is 7.90. The second-order valence-electron chi connectivity index (χ2n) is 30.2. The van der Waals surface area contributed by atoms with Crippen LogP contribution in [0.25, 0.3) is 0 Å². The third kappa shape index (κ3) is 49.6. The van der Waals surface area contributed by atoms with Gasteiger partial charge in [-0.2, -0.15) is 25.8 Å². The number of aliphatic hydroxyl groups is 1. The van der Waals surface area contributed by atoms with E-state index >= 15 is 0 Å². The molecule has 27 N–H and O–H groups in total. The van der Waals surface area contributed by atoms with E-state index in [-0.39, 0.29) is 82.4 Å². The Morgan fingerprint density at radius 1 is 0.381 bits per heavy atom. The van der Waals surface area contributed by atoms with Gasteiger partial charge in [-0.3, -0.25) is 54.6 Å². The van der Waals surface area contributed by atoms with Crippen molar-refractivity contribution in [1.82, 2.24) is 79.0 Å². The van der Waals surface area contributed by atoms with Crippen LogP contribution >= 0.6 is 0 Å². The molecule has 0 spiro atoms. The number of aliphatic carboxylic acids is 1. The molecule has 118 heavy (non-hydrogen) atoms. The maximum Gasteiger partial charge on any atom is 0.303 e. The maximum absolute atomic E-state index is 14.3. The fourth-order valence-electron chi connectivity index (χ4n) is 12.1. The molecule has 0 bridgehead atoms. The average Bonchev–Trinajstić information content (AvgIpc) is 0.815. The lowest BCUT2D eigenvalue weighted by molar-refractivity contribution is -0.137. The minimum atomic E-state index is -4.58. The molecule has 0 aromatic rings. The highest BCUT2D eigenvalue weighted by Gasteiger charge is 2.38. The van der Waals surface area contributed by atoms with Crippen molar-refractivity contribution in [3.63, 3.8) is 0 Å². The summed E-state index contributed by atoms with van der Waals surface area (Å²) in [5, 5.41) is 69.1. The lowest BCUT2D eigenvalue weighted by Crippen LogP contribution is -2.57. The quantitative estimate of drug-likeness (QED) is 0.0153. The molecular formula is C65H135N25O22S6. The predicted octanol–water partition coefficient (Wildman–Crippen LogP) is -8.87. The van der Waals surface area contributed by atoms with E-state index in [1.54, 1.807) is 48.5 Å². The van der Waals surface area contributed by atoms with Crippen LogP contribution in [0.2, 0.25) is 0 Å². The second kappa shape index (κ2) is 54.3. The number of hydrogen-bond donors (Lipinski definition) is 21. The summed E-state index contributed by atoms with van der Waals surface area (Å²) in [5.41, 5.74) is 33.3. The van der Waals surface area contributed by atoms with Crippen molar-refractivity contribution < 1.29 is 99.1 Å². The van der Waals surface area contributed by atoms with Gasteiger partial charge in [0.05, 0.1) is 86.9 Å². The molecule has 0 radical (unpaired) electrons. The summed E-state index contributed by atoms with van der Waals surface area (Å²) in [4.78, 5) is 108. The van der Waals surface area contributed by atoms with Gasteiger partial charge < -0.3 is 97.8 Å². The SMILES string of the molecule is CC(=O)N[C@@H](CCC(=O)O)CN(CC(=O)N[C@@H](CCCNC(=N)N)CN(CC(=O)N[C@@H](CCCNC(=N)N)CN(CC(=O)N[C@@H](CC(C)C)CN(CC(=O)N[C@H](CN(CC(=O)N[C@@H](CC(C)C)CN(CC(=O)N[C@H](C)CCCNC(=N)N)S(=O)(=O)CCN)S(=O)(=O)CC(C)C)C(C)O)S(=O)(=O)CCN)S(C)(=O)=O)S(C)(=O)=O)S(=O)(=O)CCN. The average molecular weight is 1810 g/mol. The minimum Gasteiger partial charge on any atom is -0.481 e. The molecule has 0 aliphatic heterocycles. The zero-order chi connectivity index (χ0) is 90.9. The van der Waals surface area contributed by atoms with Gasteiger partial charge in [-0.05, 0) is 89.4 Å². The van der Waals surface area contributed by atoms with Crippen LogP contribution in [0.5, 0.6) is 0 Å². The largest absolute Gasteiger partial charge is 0.481 e. The van der Waals surface area contributed by atoms with E-state index in [2.05, 4.69) is 53.2 Å². The molecule has 0 rings (SSSR count). The molecule has 1 unspecified atom stereocenters. The van der Waals surface area contributed by atoms with Crippen molar-refractivity contribution in [1.29, 1.82) is 16.2 Å². The topological polar surface area (TPSA) is 749 Å². The molecule has 47 nitrogen and oxygen atoms in total. The number of nitrogens with two attached hydrogens (primary N) is 6. The van der Waals surface area contributed by atoms with Gasteiger partial charge in [-0.15, -0.1) is 0 Å². The first-order valence-electron chi connectivity index (χ1n) is 38.4. The first kappa shape index (κ1) is 111. The summed E-state index contributed by atoms with van der Waals surface area (Å²) in [7, 11) is -26.7. The predicted molar refractivity (Wildman–Crippen MR) is 446 cm³/mol. The van der Waals surface area contributed by atoms with Gasteiger partial charge in [0.25, 0.3) is 0 Å². The van der Waals surface area contributed by atoms with Crippen LogP contribution < -0.4 is 87.6 Å². The Morgan fingerprint density at radius 3 is 0.966 bits per heavy atom. The van der Waals surface area contributed by atoms with E-state index in [1.165, 1.54) is 6.92 Å². The number of aliphatic hydroxyl groups excluding tert-OH is 1. The highest BCUT2D eigenvalue weighted by Crippen LogP contribution is 2.18. The summed E-state index contributed by atoms with van der Waals surface area (Å²) < 4.78 is 170. The molecule has 688 valence electrons. The van der Waals surface area contributed by atoms with Crippen molar-refractivity contribution in [3.8, 4) is 0 Å². The van der Waals surface area contributed by atoms with E-state index in [0.717, 1.165) is 23.7 Å². The Balaban J connectivity index is 7.41. The van der Waals surface area contributed by atoms with E-state index < -0.39 is 295 Å². The van der Waals surface area contributed by atoms with Crippen molar-refractivity contribution in [2.24, 2.45) is 52.2 Å². The van der Waals surface area contributed by atoms with E-state index in [4.69, 9.17) is 50.6 Å². The van der Waals surface area contributed by atoms with Crippen molar-refractivity contribution in [2.75, 3.05) is 153 Å². The fraction of sp³-hybridized carbons (Fsp3) is 0.831. The monoisotopic (exact) mass is 1810 g/mol. The van der Waals surface area contributed by atoms with Crippen LogP contribution in [0.4, 0.5) is 0 Å². The zero-order valence-corrected chi connectivity index (χ0v) is 74.5. The summed E-state index contributed by atoms with van der Waals surface area (Å²) in [6, 6.07) is -7.96.